The van der Waals surface area contributed by atoms with Crippen LogP contribution >= 0.6 is 0 Å². The molecule has 0 amide bonds. The zero-order valence-corrected chi connectivity index (χ0v) is 8.70. The number of allylic oxidation sites excluding steroid dienone is 1. The number of carbonyl (C=O) groups is 1. The van der Waals surface area contributed by atoms with Crippen LogP contribution in [0, 0.1) is 0 Å². The van der Waals surface area contributed by atoms with Crippen LogP contribution in [-0.2, 0) is 4.79 Å². The Hall–Kier alpha value is -1.98. The van der Waals surface area contributed by atoms with Gasteiger partial charge < -0.3 is 15.3 Å². The average Bonchev–Trinajstić information content (AvgIpc) is 2.21. The Morgan fingerprint density at radius 2 is 2.06 bits per heavy atom. The number of nitrogen functional groups attached to an aromatic ring is 1. The molecular formula is C11H10F3NO2. The largest absolute Gasteiger partial charge is 0.573 e. The summed E-state index contributed by atoms with van der Waals surface area (Å²) in [6.07, 6.45) is -0.654. The molecule has 0 aromatic heterocycles. The van der Waals surface area contributed by atoms with E-state index in [9.17, 15) is 18.0 Å². The summed E-state index contributed by atoms with van der Waals surface area (Å²) in [6.45, 7) is 0. The number of hydrogen-bond acceptors (Lipinski definition) is 3. The van der Waals surface area contributed by atoms with Gasteiger partial charge in [-0.2, -0.15) is 0 Å². The molecule has 0 atom stereocenters. The summed E-state index contributed by atoms with van der Waals surface area (Å²) < 4.78 is 39.5. The number of hydrogen-bond donors (Lipinski definition) is 1. The predicted molar refractivity (Wildman–Crippen MR) is 57.3 cm³/mol. The van der Waals surface area contributed by atoms with Gasteiger partial charge in [0.25, 0.3) is 0 Å². The summed E-state index contributed by atoms with van der Waals surface area (Å²) in [7, 11) is 0. The van der Waals surface area contributed by atoms with Crippen LogP contribution in [0.15, 0.2) is 24.3 Å². The zero-order valence-electron chi connectivity index (χ0n) is 8.70. The van der Waals surface area contributed by atoms with Crippen molar-refractivity contribution in [3.63, 3.8) is 0 Å². The van der Waals surface area contributed by atoms with Crippen LogP contribution in [0.4, 0.5) is 18.9 Å². The second-order valence-corrected chi connectivity index (χ2v) is 3.15. The van der Waals surface area contributed by atoms with Crippen molar-refractivity contribution in [2.24, 2.45) is 0 Å². The van der Waals surface area contributed by atoms with Gasteiger partial charge in [0, 0.05) is 6.42 Å². The van der Waals surface area contributed by atoms with Crippen LogP contribution in [-0.4, -0.2) is 12.6 Å². The summed E-state index contributed by atoms with van der Waals surface area (Å²) in [5.41, 5.74) is 5.89. The van der Waals surface area contributed by atoms with Gasteiger partial charge in [0.1, 0.15) is 6.29 Å². The van der Waals surface area contributed by atoms with Crippen LogP contribution in [0.25, 0.3) is 6.08 Å². The third-order valence-corrected chi connectivity index (χ3v) is 1.80. The molecule has 0 saturated heterocycles. The molecule has 2 N–H and O–H groups in total. The Kier molecular flexibility index (Phi) is 4.14. The highest BCUT2D eigenvalue weighted by molar-refractivity contribution is 5.63. The summed E-state index contributed by atoms with van der Waals surface area (Å²) in [5, 5.41) is 0. The molecule has 0 aliphatic carbocycles. The highest BCUT2D eigenvalue weighted by atomic mass is 19.4. The van der Waals surface area contributed by atoms with Gasteiger partial charge in [-0.05, 0) is 17.7 Å². The van der Waals surface area contributed by atoms with Gasteiger partial charge in [0.2, 0.25) is 0 Å². The van der Waals surface area contributed by atoms with E-state index < -0.39 is 12.1 Å². The average molecular weight is 245 g/mol. The summed E-state index contributed by atoms with van der Waals surface area (Å²) in [6, 6.07) is 3.88. The SMILES string of the molecule is Nc1cc(C=CCC=O)ccc1OC(F)(F)F. The topological polar surface area (TPSA) is 52.3 Å². The zero-order chi connectivity index (χ0) is 12.9. The van der Waals surface area contributed by atoms with E-state index >= 15 is 0 Å². The molecule has 0 fully saturated rings. The van der Waals surface area contributed by atoms with E-state index in [4.69, 9.17) is 5.73 Å². The molecule has 0 radical (unpaired) electrons. The van der Waals surface area contributed by atoms with E-state index in [-0.39, 0.29) is 12.1 Å². The maximum atomic E-state index is 11.9. The molecule has 1 aromatic rings. The van der Waals surface area contributed by atoms with Gasteiger partial charge in [-0.3, -0.25) is 0 Å². The normalized spacial score (nSPS) is 11.7. The van der Waals surface area contributed by atoms with Crippen LogP contribution in [0.3, 0.4) is 0 Å². The van der Waals surface area contributed by atoms with Crippen LogP contribution in [0.5, 0.6) is 5.75 Å². The molecule has 92 valence electrons. The van der Waals surface area contributed by atoms with E-state index in [1.54, 1.807) is 12.2 Å². The number of nitrogens with two attached hydrogens (primary N) is 1. The Morgan fingerprint density at radius 3 is 2.59 bits per heavy atom. The van der Waals surface area contributed by atoms with Crippen molar-refractivity contribution in [2.75, 3.05) is 5.73 Å². The Labute approximate surface area is 95.7 Å². The quantitative estimate of drug-likeness (QED) is 0.655. The molecule has 1 aromatic carbocycles. The number of anilines is 1. The molecule has 0 saturated carbocycles. The van der Waals surface area contributed by atoms with Crippen LogP contribution < -0.4 is 10.5 Å². The third kappa shape index (κ3) is 4.58. The number of rotatable bonds is 4. The molecule has 0 heterocycles. The van der Waals surface area contributed by atoms with Crippen LogP contribution in [0.1, 0.15) is 12.0 Å². The summed E-state index contributed by atoms with van der Waals surface area (Å²) >= 11 is 0. The summed E-state index contributed by atoms with van der Waals surface area (Å²) in [4.78, 5) is 10.1. The number of halogens is 3. The number of alkyl halides is 3. The number of benzene rings is 1. The molecule has 6 heteroatoms. The minimum absolute atomic E-state index is 0.115. The van der Waals surface area contributed by atoms with Crippen molar-refractivity contribution in [1.82, 2.24) is 0 Å². The van der Waals surface area contributed by atoms with Crippen molar-refractivity contribution in [1.29, 1.82) is 0 Å². The molecule has 0 spiro atoms. The van der Waals surface area contributed by atoms with Gasteiger partial charge in [-0.25, -0.2) is 0 Å². The van der Waals surface area contributed by atoms with Gasteiger partial charge >= 0.3 is 6.36 Å². The number of aldehydes is 1. The standard InChI is InChI=1S/C11H10F3NO2/c12-11(13,14)17-10-5-4-8(7-9(10)15)3-1-2-6-16/h1,3-7H,2,15H2. The molecule has 0 unspecified atom stereocenters. The molecule has 0 bridgehead atoms. The van der Waals surface area contributed by atoms with Crippen molar-refractivity contribution in [2.45, 2.75) is 12.8 Å². The first-order valence-corrected chi connectivity index (χ1v) is 4.68. The predicted octanol–water partition coefficient (Wildman–Crippen LogP) is 2.77. The number of ether oxygens (including phenoxy) is 1. The highest BCUT2D eigenvalue weighted by Crippen LogP contribution is 2.29. The lowest BCUT2D eigenvalue weighted by Crippen LogP contribution is -2.18. The first-order chi connectivity index (χ1) is 7.92. The van der Waals surface area contributed by atoms with Gasteiger partial charge in [0.05, 0.1) is 5.69 Å². The minimum Gasteiger partial charge on any atom is -0.404 e. The second kappa shape index (κ2) is 5.38. The van der Waals surface area contributed by atoms with Crippen molar-refractivity contribution in [3.05, 3.63) is 29.8 Å². The molecule has 1 rings (SSSR count). The monoisotopic (exact) mass is 245 g/mol. The van der Waals surface area contributed by atoms with E-state index in [0.717, 1.165) is 6.07 Å². The molecule has 0 aliphatic heterocycles. The van der Waals surface area contributed by atoms with Crippen LogP contribution in [0.2, 0.25) is 0 Å². The van der Waals surface area contributed by atoms with Gasteiger partial charge in [-0.15, -0.1) is 13.2 Å². The van der Waals surface area contributed by atoms with Crippen molar-refractivity contribution in [3.8, 4) is 5.75 Å². The maximum Gasteiger partial charge on any atom is 0.573 e. The van der Waals surface area contributed by atoms with Gasteiger partial charge in [-0.1, -0.05) is 18.2 Å². The minimum atomic E-state index is -4.76. The Bertz CT molecular complexity index is 427. The van der Waals surface area contributed by atoms with E-state index in [0.29, 0.717) is 11.8 Å². The molecular weight excluding hydrogens is 235 g/mol. The lowest BCUT2D eigenvalue weighted by Gasteiger charge is -2.11. The lowest BCUT2D eigenvalue weighted by molar-refractivity contribution is -0.274. The molecule has 17 heavy (non-hydrogen) atoms. The summed E-state index contributed by atoms with van der Waals surface area (Å²) in [5.74, 6) is -0.440. The van der Waals surface area contributed by atoms with E-state index in [1.807, 2.05) is 0 Å². The second-order valence-electron chi connectivity index (χ2n) is 3.15. The maximum absolute atomic E-state index is 11.9. The Morgan fingerprint density at radius 1 is 1.35 bits per heavy atom. The van der Waals surface area contributed by atoms with Crippen molar-refractivity contribution >= 4 is 18.0 Å². The molecule has 3 nitrogen and oxygen atoms in total. The third-order valence-electron chi connectivity index (χ3n) is 1.80. The van der Waals surface area contributed by atoms with E-state index in [2.05, 4.69) is 4.74 Å². The van der Waals surface area contributed by atoms with Crippen molar-refractivity contribution < 1.29 is 22.7 Å². The van der Waals surface area contributed by atoms with E-state index in [1.165, 1.54) is 12.1 Å². The van der Waals surface area contributed by atoms with Gasteiger partial charge in [0.15, 0.2) is 5.75 Å². The lowest BCUT2D eigenvalue weighted by atomic mass is 10.1. The Balaban J connectivity index is 2.82. The molecule has 0 aliphatic rings. The fourth-order valence-electron chi connectivity index (χ4n) is 1.15. The first kappa shape index (κ1) is 13.1. The number of carbonyl (C=O) groups excluding carboxylic acids is 1. The fourth-order valence-corrected chi connectivity index (χ4v) is 1.15. The first-order valence-electron chi connectivity index (χ1n) is 4.68. The highest BCUT2D eigenvalue weighted by Gasteiger charge is 2.31. The smallest absolute Gasteiger partial charge is 0.404 e. The fraction of sp³-hybridized carbons (Fsp3) is 0.182.